The van der Waals surface area contributed by atoms with Crippen molar-refractivity contribution in [2.75, 3.05) is 0 Å². The van der Waals surface area contributed by atoms with Gasteiger partial charge in [0, 0.05) is 4.88 Å². The number of aryl methyl sites for hydroxylation is 2. The molecule has 0 amide bonds. The van der Waals surface area contributed by atoms with E-state index in [4.69, 9.17) is 10.7 Å². The lowest BCUT2D eigenvalue weighted by Gasteiger charge is -2.20. The molecule has 0 aromatic carbocycles. The first-order valence-electron chi connectivity index (χ1n) is 6.45. The van der Waals surface area contributed by atoms with Crippen LogP contribution in [0, 0.1) is 5.92 Å². The SMILES string of the molecule is CC1CCC(N)(c2nc3c(s2)CCCC3)C1. The minimum Gasteiger partial charge on any atom is -0.319 e. The molecule has 0 bridgehead atoms. The largest absolute Gasteiger partial charge is 0.319 e. The molecule has 0 saturated heterocycles. The van der Waals surface area contributed by atoms with Crippen LogP contribution in [-0.2, 0) is 18.4 Å². The number of hydrogen-bond acceptors (Lipinski definition) is 3. The van der Waals surface area contributed by atoms with Crippen molar-refractivity contribution in [1.29, 1.82) is 0 Å². The maximum Gasteiger partial charge on any atom is 0.113 e. The Morgan fingerprint density at radius 3 is 2.88 bits per heavy atom. The van der Waals surface area contributed by atoms with E-state index in [0.29, 0.717) is 0 Å². The van der Waals surface area contributed by atoms with Crippen LogP contribution < -0.4 is 5.73 Å². The third-order valence-corrected chi connectivity index (χ3v) is 5.44. The standard InChI is InChI=1S/C13H20N2S/c1-9-6-7-13(14,8-9)12-15-10-4-2-3-5-11(10)16-12/h9H,2-8,14H2,1H3. The molecule has 3 heteroatoms. The smallest absolute Gasteiger partial charge is 0.113 e. The van der Waals surface area contributed by atoms with Gasteiger partial charge in [0.2, 0.25) is 0 Å². The lowest BCUT2D eigenvalue weighted by molar-refractivity contribution is 0.437. The van der Waals surface area contributed by atoms with Crippen LogP contribution in [-0.4, -0.2) is 4.98 Å². The number of nitrogens with zero attached hydrogens (tertiary/aromatic N) is 1. The van der Waals surface area contributed by atoms with Crippen molar-refractivity contribution in [3.05, 3.63) is 15.6 Å². The third-order valence-electron chi connectivity index (χ3n) is 4.07. The van der Waals surface area contributed by atoms with Gasteiger partial charge in [-0.2, -0.15) is 0 Å². The molecule has 0 radical (unpaired) electrons. The van der Waals surface area contributed by atoms with Crippen LogP contribution in [0.5, 0.6) is 0 Å². The topological polar surface area (TPSA) is 38.9 Å². The summed E-state index contributed by atoms with van der Waals surface area (Å²) in [5.74, 6) is 0.769. The Hall–Kier alpha value is -0.410. The van der Waals surface area contributed by atoms with Crippen molar-refractivity contribution < 1.29 is 0 Å². The number of rotatable bonds is 1. The predicted octanol–water partition coefficient (Wildman–Crippen LogP) is 3.00. The zero-order chi connectivity index (χ0) is 11.2. The molecule has 88 valence electrons. The van der Waals surface area contributed by atoms with Crippen molar-refractivity contribution in [2.45, 2.75) is 57.4 Å². The van der Waals surface area contributed by atoms with Crippen molar-refractivity contribution >= 4 is 11.3 Å². The second kappa shape index (κ2) is 3.81. The molecular weight excluding hydrogens is 216 g/mol. The molecule has 3 rings (SSSR count). The van der Waals surface area contributed by atoms with Crippen LogP contribution in [0.1, 0.15) is 54.6 Å². The molecule has 1 aromatic rings. The van der Waals surface area contributed by atoms with Crippen LogP contribution >= 0.6 is 11.3 Å². The molecule has 2 aliphatic carbocycles. The molecule has 2 atom stereocenters. The summed E-state index contributed by atoms with van der Waals surface area (Å²) in [5, 5.41) is 1.23. The summed E-state index contributed by atoms with van der Waals surface area (Å²) in [6.45, 7) is 2.31. The summed E-state index contributed by atoms with van der Waals surface area (Å²) in [6, 6.07) is 0. The van der Waals surface area contributed by atoms with Crippen LogP contribution in [0.3, 0.4) is 0 Å². The third kappa shape index (κ3) is 1.70. The molecule has 2 aliphatic rings. The highest BCUT2D eigenvalue weighted by Crippen LogP contribution is 2.42. The van der Waals surface area contributed by atoms with Gasteiger partial charge in [0.25, 0.3) is 0 Å². The zero-order valence-electron chi connectivity index (χ0n) is 9.96. The van der Waals surface area contributed by atoms with Crippen molar-refractivity contribution in [3.8, 4) is 0 Å². The second-order valence-corrected chi connectivity index (χ2v) is 6.68. The quantitative estimate of drug-likeness (QED) is 0.814. The van der Waals surface area contributed by atoms with Gasteiger partial charge >= 0.3 is 0 Å². The summed E-state index contributed by atoms with van der Waals surface area (Å²) in [7, 11) is 0. The van der Waals surface area contributed by atoms with E-state index in [1.165, 1.54) is 47.7 Å². The van der Waals surface area contributed by atoms with E-state index in [0.717, 1.165) is 18.8 Å². The fraction of sp³-hybridized carbons (Fsp3) is 0.769. The highest BCUT2D eigenvalue weighted by Gasteiger charge is 2.38. The average molecular weight is 236 g/mol. The van der Waals surface area contributed by atoms with E-state index < -0.39 is 0 Å². The first-order chi connectivity index (χ1) is 7.67. The second-order valence-electron chi connectivity index (χ2n) is 5.60. The minimum atomic E-state index is -0.0958. The van der Waals surface area contributed by atoms with Gasteiger partial charge in [0.15, 0.2) is 0 Å². The van der Waals surface area contributed by atoms with Gasteiger partial charge in [-0.1, -0.05) is 6.92 Å². The average Bonchev–Trinajstić information content (AvgIpc) is 2.83. The highest BCUT2D eigenvalue weighted by molar-refractivity contribution is 7.11. The van der Waals surface area contributed by atoms with Gasteiger partial charge in [-0.05, 0) is 50.9 Å². The number of fused-ring (bicyclic) bond motifs is 1. The van der Waals surface area contributed by atoms with E-state index >= 15 is 0 Å². The van der Waals surface area contributed by atoms with Gasteiger partial charge in [-0.15, -0.1) is 11.3 Å². The Labute approximate surface area is 101 Å². The van der Waals surface area contributed by atoms with Crippen LogP contribution in [0.4, 0.5) is 0 Å². The zero-order valence-corrected chi connectivity index (χ0v) is 10.8. The number of nitrogens with two attached hydrogens (primary N) is 1. The maximum atomic E-state index is 6.53. The first-order valence-corrected chi connectivity index (χ1v) is 7.27. The van der Waals surface area contributed by atoms with Gasteiger partial charge < -0.3 is 5.73 Å². The molecule has 1 fully saturated rings. The minimum absolute atomic E-state index is 0.0958. The summed E-state index contributed by atoms with van der Waals surface area (Å²) in [4.78, 5) is 6.35. The molecular formula is C13H20N2S. The fourth-order valence-electron chi connectivity index (χ4n) is 3.09. The Kier molecular flexibility index (Phi) is 2.55. The summed E-state index contributed by atoms with van der Waals surface area (Å²) < 4.78 is 0. The van der Waals surface area contributed by atoms with Gasteiger partial charge in [0.05, 0.1) is 11.2 Å². The first kappa shape index (κ1) is 10.7. The lowest BCUT2D eigenvalue weighted by atomic mass is 9.98. The van der Waals surface area contributed by atoms with Crippen molar-refractivity contribution in [3.63, 3.8) is 0 Å². The molecule has 0 aliphatic heterocycles. The fourth-order valence-corrected chi connectivity index (χ4v) is 4.38. The van der Waals surface area contributed by atoms with E-state index in [9.17, 15) is 0 Å². The van der Waals surface area contributed by atoms with Crippen LogP contribution in [0.25, 0.3) is 0 Å². The van der Waals surface area contributed by atoms with Gasteiger partial charge in [-0.25, -0.2) is 4.98 Å². The Bertz CT molecular complexity index is 375. The Morgan fingerprint density at radius 1 is 1.38 bits per heavy atom. The number of aromatic nitrogens is 1. The molecule has 2 N–H and O–H groups in total. The van der Waals surface area contributed by atoms with Crippen molar-refractivity contribution in [1.82, 2.24) is 4.98 Å². The van der Waals surface area contributed by atoms with E-state index in [2.05, 4.69) is 6.92 Å². The summed E-state index contributed by atoms with van der Waals surface area (Å²) in [6.07, 6.45) is 8.57. The monoisotopic (exact) mass is 236 g/mol. The van der Waals surface area contributed by atoms with Gasteiger partial charge in [-0.3, -0.25) is 0 Å². The van der Waals surface area contributed by atoms with Crippen molar-refractivity contribution in [2.24, 2.45) is 11.7 Å². The Balaban J connectivity index is 1.92. The summed E-state index contributed by atoms with van der Waals surface area (Å²) >= 11 is 1.90. The molecule has 0 spiro atoms. The van der Waals surface area contributed by atoms with E-state index in [1.54, 1.807) is 0 Å². The highest BCUT2D eigenvalue weighted by atomic mass is 32.1. The Morgan fingerprint density at radius 2 is 2.19 bits per heavy atom. The summed E-state index contributed by atoms with van der Waals surface area (Å²) in [5.41, 5.74) is 7.79. The van der Waals surface area contributed by atoms with E-state index in [1.807, 2.05) is 11.3 Å². The maximum absolute atomic E-state index is 6.53. The van der Waals surface area contributed by atoms with Crippen LogP contribution in [0.15, 0.2) is 0 Å². The van der Waals surface area contributed by atoms with Gasteiger partial charge in [0.1, 0.15) is 5.01 Å². The number of thiazole rings is 1. The molecule has 1 saturated carbocycles. The molecule has 2 nitrogen and oxygen atoms in total. The van der Waals surface area contributed by atoms with E-state index in [-0.39, 0.29) is 5.54 Å². The molecule has 1 aromatic heterocycles. The molecule has 16 heavy (non-hydrogen) atoms. The number of hydrogen-bond donors (Lipinski definition) is 1. The normalized spacial score (nSPS) is 34.0. The molecule has 1 heterocycles. The lowest BCUT2D eigenvalue weighted by Crippen LogP contribution is -2.33. The predicted molar refractivity (Wildman–Crippen MR) is 67.6 cm³/mol. The molecule has 2 unspecified atom stereocenters. The van der Waals surface area contributed by atoms with Crippen LogP contribution in [0.2, 0.25) is 0 Å².